The van der Waals surface area contributed by atoms with Gasteiger partial charge in [0.05, 0.1) is 25.3 Å². The summed E-state index contributed by atoms with van der Waals surface area (Å²) in [7, 11) is 1.55. The Morgan fingerprint density at radius 2 is 1.67 bits per heavy atom. The smallest absolute Gasteiger partial charge is 0.300 e. The average Bonchev–Trinajstić information content (AvgIpc) is 3.10. The van der Waals surface area contributed by atoms with E-state index in [4.69, 9.17) is 9.47 Å². The zero-order chi connectivity index (χ0) is 23.5. The lowest BCUT2D eigenvalue weighted by Crippen LogP contribution is -2.29. The van der Waals surface area contributed by atoms with E-state index in [0.717, 1.165) is 5.56 Å². The van der Waals surface area contributed by atoms with Crippen LogP contribution in [-0.4, -0.2) is 30.5 Å². The molecule has 0 radical (unpaired) electrons. The number of carbonyl (C=O) groups excluding carboxylic acids is 2. The number of amides is 1. The van der Waals surface area contributed by atoms with Crippen LogP contribution in [0.25, 0.3) is 5.76 Å². The second-order valence-electron chi connectivity index (χ2n) is 7.74. The van der Waals surface area contributed by atoms with Gasteiger partial charge >= 0.3 is 0 Å². The van der Waals surface area contributed by atoms with Crippen LogP contribution in [0.5, 0.6) is 11.5 Å². The van der Waals surface area contributed by atoms with E-state index in [9.17, 15) is 14.7 Å². The van der Waals surface area contributed by atoms with E-state index in [1.165, 1.54) is 4.90 Å². The van der Waals surface area contributed by atoms with Gasteiger partial charge < -0.3 is 14.6 Å². The molecule has 0 spiro atoms. The lowest BCUT2D eigenvalue weighted by Gasteiger charge is -2.26. The van der Waals surface area contributed by atoms with Gasteiger partial charge in [-0.15, -0.1) is 0 Å². The van der Waals surface area contributed by atoms with Gasteiger partial charge in [0.2, 0.25) is 0 Å². The standard InChI is InChI=1S/C27H25NO5/c1-4-33-21-14-12-20(13-15-21)28-24(19-6-5-7-22(16-19)32-3)23(26(30)27(28)31)25(29)18-10-8-17(2)9-11-18/h5-16,24,29H,4H2,1-3H3. The molecule has 1 fully saturated rings. The van der Waals surface area contributed by atoms with Crippen molar-refractivity contribution in [3.63, 3.8) is 0 Å². The van der Waals surface area contributed by atoms with Gasteiger partial charge in [-0.1, -0.05) is 42.0 Å². The number of Topliss-reactive ketones (excluding diaryl/α,β-unsaturated/α-hetero) is 1. The Morgan fingerprint density at radius 3 is 2.30 bits per heavy atom. The number of hydrogen-bond acceptors (Lipinski definition) is 5. The van der Waals surface area contributed by atoms with Crippen LogP contribution in [0.1, 0.15) is 29.7 Å². The number of nitrogens with zero attached hydrogens (tertiary/aromatic N) is 1. The van der Waals surface area contributed by atoms with Gasteiger partial charge in [0.1, 0.15) is 17.3 Å². The van der Waals surface area contributed by atoms with E-state index >= 15 is 0 Å². The van der Waals surface area contributed by atoms with Crippen LogP contribution in [0.3, 0.4) is 0 Å². The zero-order valence-electron chi connectivity index (χ0n) is 18.7. The molecule has 6 heteroatoms. The normalized spacial score (nSPS) is 17.3. The molecular formula is C27H25NO5. The van der Waals surface area contributed by atoms with E-state index < -0.39 is 17.7 Å². The third-order valence-corrected chi connectivity index (χ3v) is 5.60. The van der Waals surface area contributed by atoms with Crippen molar-refractivity contribution in [2.24, 2.45) is 0 Å². The van der Waals surface area contributed by atoms with Crippen molar-refractivity contribution in [2.45, 2.75) is 19.9 Å². The molecular weight excluding hydrogens is 418 g/mol. The van der Waals surface area contributed by atoms with Gasteiger partial charge in [0, 0.05) is 11.3 Å². The molecule has 1 amide bonds. The summed E-state index contributed by atoms with van der Waals surface area (Å²) in [4.78, 5) is 27.8. The Bertz CT molecular complexity index is 1210. The van der Waals surface area contributed by atoms with Crippen LogP contribution in [0.4, 0.5) is 5.69 Å². The molecule has 1 atom stereocenters. The van der Waals surface area contributed by atoms with Crippen LogP contribution in [-0.2, 0) is 9.59 Å². The molecule has 6 nitrogen and oxygen atoms in total. The zero-order valence-corrected chi connectivity index (χ0v) is 18.7. The fourth-order valence-corrected chi connectivity index (χ4v) is 3.96. The summed E-state index contributed by atoms with van der Waals surface area (Å²) in [5, 5.41) is 11.2. The van der Waals surface area contributed by atoms with Crippen molar-refractivity contribution in [2.75, 3.05) is 18.6 Å². The number of ether oxygens (including phenoxy) is 2. The first kappa shape index (κ1) is 22.1. The van der Waals surface area contributed by atoms with E-state index in [2.05, 4.69) is 0 Å². The number of benzene rings is 3. The molecule has 0 saturated carbocycles. The minimum atomic E-state index is -0.820. The largest absolute Gasteiger partial charge is 0.507 e. The van der Waals surface area contributed by atoms with Crippen LogP contribution in [0.15, 0.2) is 78.4 Å². The Balaban J connectivity index is 1.90. The van der Waals surface area contributed by atoms with Crippen molar-refractivity contribution in [1.82, 2.24) is 0 Å². The third kappa shape index (κ3) is 4.20. The first-order valence-corrected chi connectivity index (χ1v) is 10.7. The summed E-state index contributed by atoms with van der Waals surface area (Å²) in [5.41, 5.74) is 2.70. The fourth-order valence-electron chi connectivity index (χ4n) is 3.96. The molecule has 1 N–H and O–H groups in total. The summed E-state index contributed by atoms with van der Waals surface area (Å²) in [6, 6.07) is 20.4. The van der Waals surface area contributed by atoms with Crippen molar-refractivity contribution >= 4 is 23.1 Å². The summed E-state index contributed by atoms with van der Waals surface area (Å²) in [6.07, 6.45) is 0. The van der Waals surface area contributed by atoms with Crippen molar-refractivity contribution in [3.05, 3.63) is 95.1 Å². The Labute approximate surface area is 192 Å². The van der Waals surface area contributed by atoms with E-state index in [-0.39, 0.29) is 11.3 Å². The molecule has 0 aliphatic carbocycles. The number of aliphatic hydroxyl groups excluding tert-OH is 1. The van der Waals surface area contributed by atoms with Crippen LogP contribution in [0, 0.1) is 6.92 Å². The Hall–Kier alpha value is -4.06. The summed E-state index contributed by atoms with van der Waals surface area (Å²) < 4.78 is 10.9. The Morgan fingerprint density at radius 1 is 0.970 bits per heavy atom. The van der Waals surface area contributed by atoms with E-state index in [1.54, 1.807) is 61.7 Å². The average molecular weight is 443 g/mol. The molecule has 0 bridgehead atoms. The topological polar surface area (TPSA) is 76.1 Å². The van der Waals surface area contributed by atoms with Gasteiger partial charge in [-0.3, -0.25) is 14.5 Å². The lowest BCUT2D eigenvalue weighted by molar-refractivity contribution is -0.132. The van der Waals surface area contributed by atoms with Crippen molar-refractivity contribution in [1.29, 1.82) is 0 Å². The number of methoxy groups -OCH3 is 1. The third-order valence-electron chi connectivity index (χ3n) is 5.60. The second-order valence-corrected chi connectivity index (χ2v) is 7.74. The molecule has 168 valence electrons. The number of aryl methyl sites for hydroxylation is 1. The van der Waals surface area contributed by atoms with Gasteiger partial charge in [-0.05, 0) is 55.8 Å². The van der Waals surface area contributed by atoms with Gasteiger partial charge in [0.25, 0.3) is 11.7 Å². The minimum Gasteiger partial charge on any atom is -0.507 e. The van der Waals surface area contributed by atoms with Crippen LogP contribution in [0.2, 0.25) is 0 Å². The molecule has 4 rings (SSSR count). The quantitative estimate of drug-likeness (QED) is 0.329. The molecule has 3 aromatic carbocycles. The molecule has 33 heavy (non-hydrogen) atoms. The van der Waals surface area contributed by atoms with E-state index in [1.807, 2.05) is 32.0 Å². The number of carbonyl (C=O) groups is 2. The molecule has 1 aliphatic heterocycles. The minimum absolute atomic E-state index is 0.0333. The number of anilines is 1. The highest BCUT2D eigenvalue weighted by Crippen LogP contribution is 2.43. The van der Waals surface area contributed by atoms with Crippen molar-refractivity contribution < 1.29 is 24.2 Å². The highest BCUT2D eigenvalue weighted by atomic mass is 16.5. The predicted molar refractivity (Wildman–Crippen MR) is 127 cm³/mol. The molecule has 0 aromatic heterocycles. The van der Waals surface area contributed by atoms with Crippen LogP contribution >= 0.6 is 0 Å². The molecule has 1 heterocycles. The van der Waals surface area contributed by atoms with Gasteiger partial charge in [-0.25, -0.2) is 0 Å². The maximum absolute atomic E-state index is 13.2. The number of rotatable bonds is 6. The molecule has 1 unspecified atom stereocenters. The maximum atomic E-state index is 13.2. The number of aliphatic hydroxyl groups is 1. The molecule has 1 aliphatic rings. The SMILES string of the molecule is CCOc1ccc(N2C(=O)C(=O)C(=C(O)c3ccc(C)cc3)C2c2cccc(OC)c2)cc1. The number of ketones is 1. The summed E-state index contributed by atoms with van der Waals surface area (Å²) in [5.74, 6) is -0.416. The summed E-state index contributed by atoms with van der Waals surface area (Å²) >= 11 is 0. The second kappa shape index (κ2) is 9.20. The van der Waals surface area contributed by atoms with Gasteiger partial charge in [0.15, 0.2) is 0 Å². The maximum Gasteiger partial charge on any atom is 0.300 e. The highest BCUT2D eigenvalue weighted by Gasteiger charge is 2.47. The molecule has 1 saturated heterocycles. The van der Waals surface area contributed by atoms with E-state index in [0.29, 0.717) is 34.9 Å². The monoisotopic (exact) mass is 443 g/mol. The van der Waals surface area contributed by atoms with Crippen LogP contribution < -0.4 is 14.4 Å². The predicted octanol–water partition coefficient (Wildman–Crippen LogP) is 5.03. The number of hydrogen-bond donors (Lipinski definition) is 1. The molecule has 3 aromatic rings. The summed E-state index contributed by atoms with van der Waals surface area (Å²) in [6.45, 7) is 4.34. The van der Waals surface area contributed by atoms with Gasteiger partial charge in [-0.2, -0.15) is 0 Å². The Kier molecular flexibility index (Phi) is 6.18. The fraction of sp³-hybridized carbons (Fsp3) is 0.185. The first-order chi connectivity index (χ1) is 15.9. The highest BCUT2D eigenvalue weighted by molar-refractivity contribution is 6.51. The van der Waals surface area contributed by atoms with Crippen molar-refractivity contribution in [3.8, 4) is 11.5 Å². The first-order valence-electron chi connectivity index (χ1n) is 10.7. The lowest BCUT2D eigenvalue weighted by atomic mass is 9.94.